The number of anilines is 1. The van der Waals surface area contributed by atoms with E-state index >= 15 is 0 Å². The fraction of sp³-hybridized carbons (Fsp3) is 0.583. The van der Waals surface area contributed by atoms with Crippen LogP contribution in [0, 0.1) is 25.7 Å². The maximum Gasteiger partial charge on any atom is 0.410 e. The van der Waals surface area contributed by atoms with Crippen LogP contribution in [0.1, 0.15) is 60.8 Å². The highest BCUT2D eigenvalue weighted by atomic mass is 32.2. The van der Waals surface area contributed by atoms with Crippen LogP contribution in [-0.2, 0) is 22.4 Å². The van der Waals surface area contributed by atoms with Gasteiger partial charge in [0.1, 0.15) is 5.75 Å². The minimum absolute atomic E-state index is 0.0198. The highest BCUT2D eigenvalue weighted by molar-refractivity contribution is 7.94. The molecule has 0 radical (unpaired) electrons. The maximum absolute atomic E-state index is 14.0. The number of carbonyl (C=O) groups is 3. The van der Waals surface area contributed by atoms with E-state index in [9.17, 15) is 19.5 Å². The number of urea groups is 1. The molecule has 11 nitrogen and oxygen atoms in total. The van der Waals surface area contributed by atoms with Crippen molar-refractivity contribution in [1.29, 1.82) is 0 Å². The molecule has 0 saturated carbocycles. The first-order valence-electron chi connectivity index (χ1n) is 17.5. The van der Waals surface area contributed by atoms with E-state index in [1.807, 2.05) is 60.0 Å². The molecule has 48 heavy (non-hydrogen) atoms. The van der Waals surface area contributed by atoms with Crippen LogP contribution < -0.4 is 10.5 Å². The Morgan fingerprint density at radius 3 is 2.17 bits per heavy atom. The summed E-state index contributed by atoms with van der Waals surface area (Å²) in [5.41, 5.74) is 4.29. The van der Waals surface area contributed by atoms with Gasteiger partial charge >= 0.3 is 12.1 Å². The van der Waals surface area contributed by atoms with Crippen LogP contribution >= 0.6 is 12.1 Å². The molecule has 4 aliphatic heterocycles. The summed E-state index contributed by atoms with van der Waals surface area (Å²) < 4.78 is 8.29. The number of hydrogen-bond acceptors (Lipinski definition) is 8. The van der Waals surface area contributed by atoms with Crippen molar-refractivity contribution in [1.82, 2.24) is 19.0 Å². The van der Waals surface area contributed by atoms with Crippen molar-refractivity contribution in [3.05, 3.63) is 58.7 Å². The van der Waals surface area contributed by atoms with Crippen LogP contribution in [0.3, 0.4) is 0 Å². The Labute approximate surface area is 288 Å². The number of para-hydroxylation sites is 1. The Balaban J connectivity index is 1.07. The number of benzene rings is 2. The molecule has 0 spiro atoms. The van der Waals surface area contributed by atoms with Gasteiger partial charge in [0.15, 0.2) is 6.10 Å². The van der Waals surface area contributed by atoms with Crippen LogP contribution in [0.15, 0.2) is 36.4 Å². The molecule has 0 bridgehead atoms. The largest absolute Gasteiger partial charge is 0.507 e. The number of likely N-dealkylation sites (tertiary alicyclic amines) is 2. The van der Waals surface area contributed by atoms with Gasteiger partial charge in [-0.3, -0.25) is 9.93 Å². The zero-order valence-corrected chi connectivity index (χ0v) is 29.1. The maximum atomic E-state index is 14.0. The molecule has 1 atom stereocenters. The SMILES string of the molecule is Cc1cc(C[C@@H](OC(=O)N2CCC(N3CCc4ccccc4NC3=O)CC2)C(=O)N2CCC(C3CCN(SN)CC3)CC2)cc(C)c1O. The van der Waals surface area contributed by atoms with Gasteiger partial charge in [0.2, 0.25) is 0 Å². The number of piperidine rings is 3. The molecule has 4 amide bonds. The topological polar surface area (TPSA) is 132 Å². The van der Waals surface area contributed by atoms with Gasteiger partial charge in [-0.25, -0.2) is 13.9 Å². The summed E-state index contributed by atoms with van der Waals surface area (Å²) in [6, 6.07) is 11.5. The van der Waals surface area contributed by atoms with Gasteiger partial charge in [0, 0.05) is 76.1 Å². The van der Waals surface area contributed by atoms with Gasteiger partial charge < -0.3 is 29.9 Å². The Kier molecular flexibility index (Phi) is 11.0. The zero-order chi connectivity index (χ0) is 33.8. The van der Waals surface area contributed by atoms with Gasteiger partial charge in [0.25, 0.3) is 5.91 Å². The number of fused-ring (bicyclic) bond motifs is 1. The first-order chi connectivity index (χ1) is 23.2. The number of rotatable bonds is 7. The number of aryl methyl sites for hydroxylation is 2. The summed E-state index contributed by atoms with van der Waals surface area (Å²) in [5.74, 6) is 1.32. The average Bonchev–Trinajstić information content (AvgIpc) is 3.28. The van der Waals surface area contributed by atoms with Crippen LogP contribution in [0.25, 0.3) is 0 Å². The highest BCUT2D eigenvalue weighted by Gasteiger charge is 2.37. The number of hydrogen-bond donors (Lipinski definition) is 3. The van der Waals surface area contributed by atoms with Crippen molar-refractivity contribution in [2.24, 2.45) is 17.0 Å². The lowest BCUT2D eigenvalue weighted by Crippen LogP contribution is -2.52. The second kappa shape index (κ2) is 15.4. The number of nitrogens with two attached hydrogens (primary N) is 1. The van der Waals surface area contributed by atoms with E-state index in [1.165, 1.54) is 12.1 Å². The molecule has 0 unspecified atom stereocenters. The van der Waals surface area contributed by atoms with Crippen LogP contribution in [0.4, 0.5) is 15.3 Å². The predicted molar refractivity (Wildman–Crippen MR) is 187 cm³/mol. The fourth-order valence-electron chi connectivity index (χ4n) is 8.10. The molecule has 4 aliphatic rings. The summed E-state index contributed by atoms with van der Waals surface area (Å²) in [6.45, 7) is 8.53. The van der Waals surface area contributed by atoms with E-state index < -0.39 is 12.2 Å². The summed E-state index contributed by atoms with van der Waals surface area (Å²) in [7, 11) is 0. The smallest absolute Gasteiger partial charge is 0.410 e. The highest BCUT2D eigenvalue weighted by Crippen LogP contribution is 2.34. The molecule has 260 valence electrons. The minimum atomic E-state index is -0.963. The van der Waals surface area contributed by atoms with Crippen molar-refractivity contribution in [2.45, 2.75) is 77.4 Å². The number of nitrogens with zero attached hydrogens (tertiary/aromatic N) is 4. The number of aromatic hydroxyl groups is 1. The minimum Gasteiger partial charge on any atom is -0.507 e. The quantitative estimate of drug-likeness (QED) is 0.346. The molecule has 3 fully saturated rings. The molecule has 4 N–H and O–H groups in total. The standard InChI is InChI=1S/C36H50N6O5S/c1-24-21-26(22-25(2)33(24)43)23-32(34(44)39-14-7-27(8-15-39)28-9-18-41(48-37)19-10-28)47-36(46)40-16-12-30(13-17-40)42-20-11-29-5-3-4-6-31(29)38-35(42)45/h3-6,21-22,27-28,30,32,43H,7-20,23,37H2,1-2H3,(H,38,45)/t32-/m1/s1. The number of amides is 4. The molecule has 0 aromatic heterocycles. The first-order valence-corrected chi connectivity index (χ1v) is 18.3. The van der Waals surface area contributed by atoms with Crippen molar-refractivity contribution in [2.75, 3.05) is 51.1 Å². The van der Waals surface area contributed by atoms with Crippen molar-refractivity contribution in [3.8, 4) is 5.75 Å². The Morgan fingerprint density at radius 2 is 1.52 bits per heavy atom. The summed E-state index contributed by atoms with van der Waals surface area (Å²) in [5, 5.41) is 19.2. The van der Waals surface area contributed by atoms with Gasteiger partial charge in [-0.05, 0) is 98.9 Å². The summed E-state index contributed by atoms with van der Waals surface area (Å²) in [4.78, 5) is 46.2. The molecule has 0 aliphatic carbocycles. The molecule has 6 rings (SSSR count). The zero-order valence-electron chi connectivity index (χ0n) is 28.2. The third kappa shape index (κ3) is 7.87. The van der Waals surface area contributed by atoms with E-state index in [2.05, 4.69) is 9.62 Å². The summed E-state index contributed by atoms with van der Waals surface area (Å²) in [6.07, 6.45) is 5.02. The second-order valence-electron chi connectivity index (χ2n) is 13.9. The van der Waals surface area contributed by atoms with E-state index in [4.69, 9.17) is 9.88 Å². The lowest BCUT2D eigenvalue weighted by Gasteiger charge is -2.40. The number of phenols is 1. The number of nitrogens with one attached hydrogen (secondary N) is 1. The van der Waals surface area contributed by atoms with E-state index in [0.717, 1.165) is 73.1 Å². The Morgan fingerprint density at radius 1 is 0.917 bits per heavy atom. The molecule has 2 aromatic rings. The van der Waals surface area contributed by atoms with Crippen molar-refractivity contribution in [3.63, 3.8) is 0 Å². The fourth-order valence-corrected chi connectivity index (χ4v) is 8.52. The molecule has 2 aromatic carbocycles. The first kappa shape index (κ1) is 34.4. The Hall–Kier alpha value is -3.48. The number of carbonyl (C=O) groups excluding carboxylic acids is 3. The van der Waals surface area contributed by atoms with Crippen LogP contribution in [-0.4, -0.2) is 100 Å². The Bertz CT molecular complexity index is 1440. The van der Waals surface area contributed by atoms with Crippen LogP contribution in [0.2, 0.25) is 0 Å². The third-order valence-corrected chi connectivity index (χ3v) is 11.6. The molecule has 3 saturated heterocycles. The van der Waals surface area contributed by atoms with E-state index in [0.29, 0.717) is 57.4 Å². The molecule has 4 heterocycles. The monoisotopic (exact) mass is 678 g/mol. The normalized spacial score (nSPS) is 21.0. The average molecular weight is 679 g/mol. The molecular weight excluding hydrogens is 628 g/mol. The van der Waals surface area contributed by atoms with E-state index in [-0.39, 0.29) is 30.2 Å². The van der Waals surface area contributed by atoms with Crippen molar-refractivity contribution < 1.29 is 24.2 Å². The van der Waals surface area contributed by atoms with Gasteiger partial charge in [0.05, 0.1) is 0 Å². The van der Waals surface area contributed by atoms with Gasteiger partial charge in [-0.15, -0.1) is 0 Å². The lowest BCUT2D eigenvalue weighted by atomic mass is 9.79. The van der Waals surface area contributed by atoms with Crippen molar-refractivity contribution >= 4 is 35.9 Å². The summed E-state index contributed by atoms with van der Waals surface area (Å²) >= 11 is 1.33. The van der Waals surface area contributed by atoms with E-state index in [1.54, 1.807) is 4.90 Å². The lowest BCUT2D eigenvalue weighted by molar-refractivity contribution is -0.142. The number of ether oxygens (including phenoxy) is 1. The second-order valence-corrected chi connectivity index (χ2v) is 14.7. The third-order valence-electron chi connectivity index (χ3n) is 11.0. The predicted octanol–water partition coefficient (Wildman–Crippen LogP) is 5.08. The van der Waals surface area contributed by atoms with Crippen LogP contribution in [0.5, 0.6) is 5.75 Å². The van der Waals surface area contributed by atoms with Gasteiger partial charge in [-0.2, -0.15) is 0 Å². The molecular formula is C36H50N6O5S. The molecule has 12 heteroatoms. The van der Waals surface area contributed by atoms with Gasteiger partial charge in [-0.1, -0.05) is 30.3 Å². The number of phenolic OH excluding ortho intramolecular Hbond substituents is 1.